The summed E-state index contributed by atoms with van der Waals surface area (Å²) in [6, 6.07) is 13.1. The molecular weight excluding hydrogens is 346 g/mol. The van der Waals surface area contributed by atoms with Crippen molar-refractivity contribution < 1.29 is 31.1 Å². The van der Waals surface area contributed by atoms with Crippen LogP contribution >= 0.6 is 0 Å². The molecule has 0 N–H and O–H groups in total. The van der Waals surface area contributed by atoms with E-state index in [1.54, 1.807) is 31.2 Å². The Morgan fingerprint density at radius 3 is 1.76 bits per heavy atom. The maximum Gasteiger partial charge on any atom is 0.573 e. The van der Waals surface area contributed by atoms with Crippen LogP contribution in [0.5, 0.6) is 5.75 Å². The third kappa shape index (κ3) is 9.02. The van der Waals surface area contributed by atoms with Crippen LogP contribution in [-0.2, 0) is 6.42 Å². The van der Waals surface area contributed by atoms with Gasteiger partial charge in [-0.25, -0.2) is 0 Å². The number of hydrogen-bond acceptors (Lipinski definition) is 1. The van der Waals surface area contributed by atoms with Crippen molar-refractivity contribution in [1.82, 2.24) is 0 Å². The highest BCUT2D eigenvalue weighted by Crippen LogP contribution is 2.25. The second-order valence-corrected chi connectivity index (χ2v) is 5.35. The van der Waals surface area contributed by atoms with Crippen LogP contribution < -0.4 is 4.74 Å². The molecule has 0 aromatic heterocycles. The van der Waals surface area contributed by atoms with Gasteiger partial charge in [0.25, 0.3) is 0 Å². The minimum absolute atomic E-state index is 0.0795. The van der Waals surface area contributed by atoms with Crippen LogP contribution in [0.3, 0.4) is 0 Å². The molecule has 0 heterocycles. The van der Waals surface area contributed by atoms with E-state index in [2.05, 4.69) is 4.74 Å². The van der Waals surface area contributed by atoms with Gasteiger partial charge in [0.1, 0.15) is 5.75 Å². The Hall–Kier alpha value is -2.18. The van der Waals surface area contributed by atoms with Crippen molar-refractivity contribution in [3.63, 3.8) is 0 Å². The highest BCUT2D eigenvalue weighted by molar-refractivity contribution is 5.31. The number of hydrogen-bond donors (Lipinski definition) is 0. The minimum Gasteiger partial charge on any atom is -0.406 e. The van der Waals surface area contributed by atoms with Gasteiger partial charge in [-0.1, -0.05) is 42.5 Å². The Labute approximate surface area is 142 Å². The summed E-state index contributed by atoms with van der Waals surface area (Å²) in [7, 11) is 0. The monoisotopic (exact) mass is 364 g/mol. The van der Waals surface area contributed by atoms with Crippen molar-refractivity contribution in [2.24, 2.45) is 0 Å². The predicted octanol–water partition coefficient (Wildman–Crippen LogP) is 6.38. The average molecular weight is 364 g/mol. The first-order chi connectivity index (χ1) is 11.5. The zero-order valence-electron chi connectivity index (χ0n) is 13.7. The Balaban J connectivity index is 0.000000251. The van der Waals surface area contributed by atoms with Crippen molar-refractivity contribution in [3.8, 4) is 5.75 Å². The van der Waals surface area contributed by atoms with E-state index < -0.39 is 19.0 Å². The van der Waals surface area contributed by atoms with Crippen LogP contribution in [0.1, 0.15) is 23.1 Å². The van der Waals surface area contributed by atoms with Gasteiger partial charge in [-0.05, 0) is 43.0 Å². The molecule has 2 aromatic carbocycles. The van der Waals surface area contributed by atoms with Gasteiger partial charge in [0.2, 0.25) is 0 Å². The highest BCUT2D eigenvalue weighted by Gasteiger charge is 2.31. The SMILES string of the molecule is Cc1ccccc1CCC(F)(F)F.Cc1ccccc1OC(F)(F)F. The lowest BCUT2D eigenvalue weighted by Crippen LogP contribution is -2.17. The van der Waals surface area contributed by atoms with E-state index in [0.29, 0.717) is 5.56 Å². The third-order valence-electron chi connectivity index (χ3n) is 3.26. The summed E-state index contributed by atoms with van der Waals surface area (Å²) in [5.41, 5.74) is 2.17. The largest absolute Gasteiger partial charge is 0.573 e. The molecule has 7 heteroatoms. The molecule has 0 unspecified atom stereocenters. The van der Waals surface area contributed by atoms with Crippen LogP contribution in [0.25, 0.3) is 0 Å². The van der Waals surface area contributed by atoms with Crippen LogP contribution in [0.15, 0.2) is 48.5 Å². The van der Waals surface area contributed by atoms with Gasteiger partial charge in [0, 0.05) is 6.42 Å². The predicted molar refractivity (Wildman–Crippen MR) is 83.4 cm³/mol. The lowest BCUT2D eigenvalue weighted by Gasteiger charge is -2.10. The maximum absolute atomic E-state index is 11.9. The van der Waals surface area contributed by atoms with Gasteiger partial charge < -0.3 is 4.74 Å². The van der Waals surface area contributed by atoms with E-state index in [-0.39, 0.29) is 12.2 Å². The van der Waals surface area contributed by atoms with Gasteiger partial charge in [-0.15, -0.1) is 13.2 Å². The third-order valence-corrected chi connectivity index (χ3v) is 3.26. The molecule has 0 atom stereocenters. The van der Waals surface area contributed by atoms with E-state index in [9.17, 15) is 26.3 Å². The topological polar surface area (TPSA) is 9.23 Å². The van der Waals surface area contributed by atoms with Gasteiger partial charge in [-0.3, -0.25) is 0 Å². The lowest BCUT2D eigenvalue weighted by molar-refractivity contribution is -0.274. The molecule has 0 amide bonds. The quantitative estimate of drug-likeness (QED) is 0.574. The Kier molecular flexibility index (Phi) is 7.33. The van der Waals surface area contributed by atoms with E-state index in [0.717, 1.165) is 11.1 Å². The van der Waals surface area contributed by atoms with Gasteiger partial charge in [0.05, 0.1) is 0 Å². The fraction of sp³-hybridized carbons (Fsp3) is 0.333. The molecule has 2 aromatic rings. The van der Waals surface area contributed by atoms with Gasteiger partial charge in [0.15, 0.2) is 0 Å². The molecule has 0 radical (unpaired) electrons. The van der Waals surface area contributed by atoms with Crippen molar-refractivity contribution in [3.05, 3.63) is 65.2 Å². The number of alkyl halides is 6. The molecule has 1 nitrogen and oxygen atoms in total. The summed E-state index contributed by atoms with van der Waals surface area (Å²) >= 11 is 0. The van der Waals surface area contributed by atoms with E-state index in [4.69, 9.17) is 0 Å². The van der Waals surface area contributed by atoms with Gasteiger partial charge in [-0.2, -0.15) is 13.2 Å². The molecule has 0 fully saturated rings. The first-order valence-electron chi connectivity index (χ1n) is 7.40. The molecule has 0 aliphatic carbocycles. The fourth-order valence-electron chi connectivity index (χ4n) is 1.96. The molecule has 25 heavy (non-hydrogen) atoms. The molecule has 0 saturated heterocycles. The second kappa shape index (κ2) is 8.78. The summed E-state index contributed by atoms with van der Waals surface area (Å²) in [4.78, 5) is 0. The number of aryl methyl sites for hydroxylation is 3. The normalized spacial score (nSPS) is 11.5. The minimum atomic E-state index is -4.61. The first kappa shape index (κ1) is 20.9. The van der Waals surface area contributed by atoms with Crippen LogP contribution in [0, 0.1) is 13.8 Å². The summed E-state index contributed by atoms with van der Waals surface area (Å²) < 4.78 is 74.4. The zero-order chi connectivity index (χ0) is 19.1. The lowest BCUT2D eigenvalue weighted by atomic mass is 10.0. The number of benzene rings is 2. The van der Waals surface area contributed by atoms with E-state index in [1.165, 1.54) is 12.1 Å². The van der Waals surface area contributed by atoms with Crippen LogP contribution in [-0.4, -0.2) is 12.5 Å². The highest BCUT2D eigenvalue weighted by atomic mass is 19.4. The molecular formula is C18H18F6O. The van der Waals surface area contributed by atoms with Crippen molar-refractivity contribution in [2.75, 3.05) is 0 Å². The number of ether oxygens (including phenoxy) is 1. The number of rotatable bonds is 3. The Morgan fingerprint density at radius 2 is 1.28 bits per heavy atom. The molecule has 2 rings (SSSR count). The first-order valence-corrected chi connectivity index (χ1v) is 7.40. The second-order valence-electron chi connectivity index (χ2n) is 5.35. The van der Waals surface area contributed by atoms with Crippen molar-refractivity contribution >= 4 is 0 Å². The maximum atomic E-state index is 11.9. The number of para-hydroxylation sites is 1. The molecule has 0 spiro atoms. The van der Waals surface area contributed by atoms with Gasteiger partial charge >= 0.3 is 12.5 Å². The summed E-state index contributed by atoms with van der Waals surface area (Å²) in [5, 5.41) is 0. The van der Waals surface area contributed by atoms with Crippen LogP contribution in [0.4, 0.5) is 26.3 Å². The zero-order valence-corrected chi connectivity index (χ0v) is 13.7. The molecule has 138 valence electrons. The summed E-state index contributed by atoms with van der Waals surface area (Å²) in [6.07, 6.45) is -9.32. The Morgan fingerprint density at radius 1 is 0.760 bits per heavy atom. The van der Waals surface area contributed by atoms with E-state index in [1.807, 2.05) is 19.1 Å². The summed E-state index contributed by atoms with van der Waals surface area (Å²) in [6.45, 7) is 3.38. The van der Waals surface area contributed by atoms with Crippen molar-refractivity contribution in [1.29, 1.82) is 0 Å². The smallest absolute Gasteiger partial charge is 0.406 e. The Bertz CT molecular complexity index is 661. The summed E-state index contributed by atoms with van der Waals surface area (Å²) in [5.74, 6) is -0.148. The van der Waals surface area contributed by atoms with Crippen molar-refractivity contribution in [2.45, 2.75) is 39.2 Å². The average Bonchev–Trinajstić information content (AvgIpc) is 2.47. The molecule has 0 saturated carbocycles. The number of halogens is 6. The fourth-order valence-corrected chi connectivity index (χ4v) is 1.96. The van der Waals surface area contributed by atoms with E-state index >= 15 is 0 Å². The molecule has 0 aliphatic rings. The van der Waals surface area contributed by atoms with Crippen LogP contribution in [0.2, 0.25) is 0 Å². The molecule has 0 bridgehead atoms. The molecule has 0 aliphatic heterocycles. The standard InChI is InChI=1S/C10H11F3.C8H7F3O/c1-8-4-2-3-5-9(8)6-7-10(11,12)13;1-6-4-2-3-5-7(6)12-8(9,10)11/h2-5H,6-7H2,1H3;2-5H,1H3.